The Morgan fingerprint density at radius 1 is 1.04 bits per heavy atom. The number of aliphatic hydroxyl groups is 1. The van der Waals surface area contributed by atoms with Gasteiger partial charge in [0.05, 0.1) is 12.2 Å². The van der Waals surface area contributed by atoms with E-state index in [1.54, 1.807) is 7.11 Å². The number of rotatable bonds is 7. The molecule has 0 aliphatic rings. The second-order valence-electron chi connectivity index (χ2n) is 5.60. The van der Waals surface area contributed by atoms with Crippen LogP contribution in [0, 0.1) is 6.92 Å². The molecule has 5 heteroatoms. The summed E-state index contributed by atoms with van der Waals surface area (Å²) in [5.41, 5.74) is 2.81. The summed E-state index contributed by atoms with van der Waals surface area (Å²) in [7, 11) is 1.61. The Balaban J connectivity index is 1.80. The molecule has 2 aromatic carbocycles. The average molecular weight is 328 g/mol. The number of benzene rings is 2. The van der Waals surface area contributed by atoms with E-state index < -0.39 is 6.10 Å². The van der Waals surface area contributed by atoms with Crippen LogP contribution < -0.4 is 10.6 Å². The number of hydrogen-bond donors (Lipinski definition) is 3. The molecule has 0 fully saturated rings. The molecule has 0 bridgehead atoms. The summed E-state index contributed by atoms with van der Waals surface area (Å²) < 4.78 is 5.41. The standard InChI is InChI=1S/C19H24N2O3/c1-14-8-6-7-11-16(14)17(22)12-20-19(23)21-13-18(24-2)15-9-4-3-5-10-15/h3-11,17-18,22H,12-13H2,1-2H3,(H2,20,21,23). The number of hydrogen-bond acceptors (Lipinski definition) is 3. The summed E-state index contributed by atoms with van der Waals surface area (Å²) >= 11 is 0. The SMILES string of the molecule is COC(CNC(=O)NCC(O)c1ccccc1C)c1ccccc1. The lowest BCUT2D eigenvalue weighted by Gasteiger charge is -2.18. The van der Waals surface area contributed by atoms with E-state index in [1.807, 2.05) is 61.5 Å². The third-order valence-electron chi connectivity index (χ3n) is 3.91. The maximum atomic E-state index is 11.9. The van der Waals surface area contributed by atoms with Crippen molar-refractivity contribution < 1.29 is 14.6 Å². The van der Waals surface area contributed by atoms with Gasteiger partial charge in [-0.15, -0.1) is 0 Å². The van der Waals surface area contributed by atoms with E-state index in [9.17, 15) is 9.90 Å². The second kappa shape index (κ2) is 9.05. The van der Waals surface area contributed by atoms with Gasteiger partial charge in [-0.2, -0.15) is 0 Å². The first-order valence-electron chi connectivity index (χ1n) is 7.95. The van der Waals surface area contributed by atoms with Crippen molar-refractivity contribution in [3.8, 4) is 0 Å². The first-order chi connectivity index (χ1) is 11.6. The smallest absolute Gasteiger partial charge is 0.314 e. The average Bonchev–Trinajstić information content (AvgIpc) is 2.61. The second-order valence-corrected chi connectivity index (χ2v) is 5.60. The third-order valence-corrected chi connectivity index (χ3v) is 3.91. The number of amides is 2. The Morgan fingerprint density at radius 2 is 1.67 bits per heavy atom. The van der Waals surface area contributed by atoms with Gasteiger partial charge in [0.15, 0.2) is 0 Å². The summed E-state index contributed by atoms with van der Waals surface area (Å²) in [6.45, 7) is 2.44. The third kappa shape index (κ3) is 5.08. The predicted octanol–water partition coefficient (Wildman–Crippen LogP) is 2.72. The molecule has 0 spiro atoms. The predicted molar refractivity (Wildman–Crippen MR) is 93.7 cm³/mol. The minimum atomic E-state index is -0.732. The summed E-state index contributed by atoms with van der Waals surface area (Å²) in [6, 6.07) is 16.9. The van der Waals surface area contributed by atoms with Gasteiger partial charge in [-0.05, 0) is 23.6 Å². The number of carbonyl (C=O) groups excluding carboxylic acids is 1. The van der Waals surface area contributed by atoms with E-state index in [1.165, 1.54) is 0 Å². The normalized spacial score (nSPS) is 13.1. The highest BCUT2D eigenvalue weighted by atomic mass is 16.5. The molecule has 0 saturated carbocycles. The monoisotopic (exact) mass is 328 g/mol. The van der Waals surface area contributed by atoms with E-state index in [2.05, 4.69) is 10.6 Å². The zero-order chi connectivity index (χ0) is 17.4. The van der Waals surface area contributed by atoms with Gasteiger partial charge in [0.2, 0.25) is 0 Å². The Hall–Kier alpha value is -2.37. The van der Waals surface area contributed by atoms with Crippen LogP contribution >= 0.6 is 0 Å². The van der Waals surface area contributed by atoms with Crippen LogP contribution in [0.5, 0.6) is 0 Å². The molecule has 2 atom stereocenters. The van der Waals surface area contributed by atoms with Crippen molar-refractivity contribution in [2.45, 2.75) is 19.1 Å². The molecule has 2 rings (SSSR count). The van der Waals surface area contributed by atoms with E-state index in [-0.39, 0.29) is 18.7 Å². The topological polar surface area (TPSA) is 70.6 Å². The maximum Gasteiger partial charge on any atom is 0.314 e. The van der Waals surface area contributed by atoms with Gasteiger partial charge in [0.1, 0.15) is 0 Å². The fourth-order valence-electron chi connectivity index (χ4n) is 2.51. The van der Waals surface area contributed by atoms with E-state index in [0.29, 0.717) is 6.54 Å². The van der Waals surface area contributed by atoms with Crippen molar-refractivity contribution >= 4 is 6.03 Å². The summed E-state index contributed by atoms with van der Waals surface area (Å²) in [5.74, 6) is 0. The Labute approximate surface area is 142 Å². The molecular weight excluding hydrogens is 304 g/mol. The Kier molecular flexibility index (Phi) is 6.78. The minimum Gasteiger partial charge on any atom is -0.387 e. The lowest BCUT2D eigenvalue weighted by molar-refractivity contribution is 0.103. The molecule has 0 radical (unpaired) electrons. The van der Waals surface area contributed by atoms with Crippen LogP contribution in [0.25, 0.3) is 0 Å². The van der Waals surface area contributed by atoms with Crippen molar-refractivity contribution in [2.75, 3.05) is 20.2 Å². The van der Waals surface area contributed by atoms with Crippen molar-refractivity contribution in [1.82, 2.24) is 10.6 Å². The van der Waals surface area contributed by atoms with Gasteiger partial charge in [-0.1, -0.05) is 54.6 Å². The first-order valence-corrected chi connectivity index (χ1v) is 7.95. The lowest BCUT2D eigenvalue weighted by Crippen LogP contribution is -2.40. The summed E-state index contributed by atoms with van der Waals surface area (Å²) in [6.07, 6.45) is -0.942. The van der Waals surface area contributed by atoms with Gasteiger partial charge in [0, 0.05) is 20.2 Å². The largest absolute Gasteiger partial charge is 0.387 e. The minimum absolute atomic E-state index is 0.152. The highest BCUT2D eigenvalue weighted by Crippen LogP contribution is 2.16. The Morgan fingerprint density at radius 3 is 2.33 bits per heavy atom. The zero-order valence-electron chi connectivity index (χ0n) is 14.0. The van der Waals surface area contributed by atoms with Crippen LogP contribution in [0.3, 0.4) is 0 Å². The quantitative estimate of drug-likeness (QED) is 0.732. The van der Waals surface area contributed by atoms with E-state index >= 15 is 0 Å². The van der Waals surface area contributed by atoms with Crippen molar-refractivity contribution in [2.24, 2.45) is 0 Å². The first kappa shape index (κ1) is 18.0. The molecule has 0 aliphatic carbocycles. The van der Waals surface area contributed by atoms with Crippen molar-refractivity contribution in [3.05, 3.63) is 71.3 Å². The van der Waals surface area contributed by atoms with Crippen LogP contribution in [-0.4, -0.2) is 31.3 Å². The van der Waals surface area contributed by atoms with Crippen molar-refractivity contribution in [3.63, 3.8) is 0 Å². The molecule has 24 heavy (non-hydrogen) atoms. The molecule has 0 aliphatic heterocycles. The van der Waals surface area contributed by atoms with Crippen molar-refractivity contribution in [1.29, 1.82) is 0 Å². The number of methoxy groups -OCH3 is 1. The highest BCUT2D eigenvalue weighted by molar-refractivity contribution is 5.73. The summed E-state index contributed by atoms with van der Waals surface area (Å²) in [4.78, 5) is 11.9. The van der Waals surface area contributed by atoms with Gasteiger partial charge >= 0.3 is 6.03 Å². The fraction of sp³-hybridized carbons (Fsp3) is 0.316. The van der Waals surface area contributed by atoms with Crippen LogP contribution in [0.1, 0.15) is 28.9 Å². The lowest BCUT2D eigenvalue weighted by atomic mass is 10.0. The molecule has 5 nitrogen and oxygen atoms in total. The Bertz CT molecular complexity index is 646. The molecule has 128 valence electrons. The van der Waals surface area contributed by atoms with Gasteiger partial charge in [0.25, 0.3) is 0 Å². The van der Waals surface area contributed by atoms with Crippen LogP contribution in [0.2, 0.25) is 0 Å². The molecule has 3 N–H and O–H groups in total. The van der Waals surface area contributed by atoms with Gasteiger partial charge in [-0.3, -0.25) is 0 Å². The van der Waals surface area contributed by atoms with Crippen LogP contribution in [0.15, 0.2) is 54.6 Å². The number of aryl methyl sites for hydroxylation is 1. The zero-order valence-corrected chi connectivity index (χ0v) is 14.0. The molecule has 0 heterocycles. The number of nitrogens with one attached hydrogen (secondary N) is 2. The molecule has 0 saturated heterocycles. The number of urea groups is 1. The maximum absolute atomic E-state index is 11.9. The summed E-state index contributed by atoms with van der Waals surface area (Å²) in [5, 5.41) is 15.6. The number of ether oxygens (including phenoxy) is 1. The van der Waals surface area contributed by atoms with Gasteiger partial charge in [-0.25, -0.2) is 4.79 Å². The van der Waals surface area contributed by atoms with Crippen LogP contribution in [-0.2, 0) is 4.74 Å². The van der Waals surface area contributed by atoms with Gasteiger partial charge < -0.3 is 20.5 Å². The molecule has 0 aromatic heterocycles. The molecule has 2 unspecified atom stereocenters. The number of aliphatic hydroxyl groups excluding tert-OH is 1. The molecular formula is C19H24N2O3. The number of carbonyl (C=O) groups is 1. The molecule has 2 amide bonds. The van der Waals surface area contributed by atoms with E-state index in [0.717, 1.165) is 16.7 Å². The molecule has 2 aromatic rings. The van der Waals surface area contributed by atoms with E-state index in [4.69, 9.17) is 4.74 Å². The highest BCUT2D eigenvalue weighted by Gasteiger charge is 2.14. The van der Waals surface area contributed by atoms with Crippen LogP contribution in [0.4, 0.5) is 4.79 Å². The fourth-order valence-corrected chi connectivity index (χ4v) is 2.51.